The molecule has 0 aromatic carbocycles. The molecule has 0 amide bonds. The third-order valence-electron chi connectivity index (χ3n) is 3.67. The lowest BCUT2D eigenvalue weighted by atomic mass is 9.90. The summed E-state index contributed by atoms with van der Waals surface area (Å²) in [5.74, 6) is -0.511. The SMILES string of the molecule is FC(F)(F)c1ccc(C2=CCC3(CC2)OCCO3)cn1. The Morgan fingerprint density at radius 3 is 2.40 bits per heavy atom. The summed E-state index contributed by atoms with van der Waals surface area (Å²) >= 11 is 0. The van der Waals surface area contributed by atoms with Crippen LogP contribution in [0.2, 0.25) is 0 Å². The molecule has 6 heteroatoms. The number of hydrogen-bond donors (Lipinski definition) is 0. The zero-order valence-electron chi connectivity index (χ0n) is 10.7. The van der Waals surface area contributed by atoms with Gasteiger partial charge in [-0.15, -0.1) is 0 Å². The van der Waals surface area contributed by atoms with Crippen molar-refractivity contribution in [1.29, 1.82) is 0 Å². The van der Waals surface area contributed by atoms with E-state index in [0.29, 0.717) is 26.1 Å². The zero-order valence-corrected chi connectivity index (χ0v) is 10.7. The monoisotopic (exact) mass is 285 g/mol. The average Bonchev–Trinajstić information content (AvgIpc) is 2.87. The van der Waals surface area contributed by atoms with Crippen LogP contribution in [0.3, 0.4) is 0 Å². The van der Waals surface area contributed by atoms with E-state index < -0.39 is 17.7 Å². The largest absolute Gasteiger partial charge is 0.433 e. The van der Waals surface area contributed by atoms with E-state index in [0.717, 1.165) is 23.6 Å². The standard InChI is InChI=1S/C14H14F3NO2/c15-14(16,17)12-2-1-11(9-18-12)10-3-5-13(6-4-10)19-7-8-20-13/h1-3,9H,4-8H2. The van der Waals surface area contributed by atoms with Crippen molar-refractivity contribution in [3.8, 4) is 0 Å². The topological polar surface area (TPSA) is 31.4 Å². The summed E-state index contributed by atoms with van der Waals surface area (Å²) < 4.78 is 48.6. The first kappa shape index (κ1) is 13.6. The normalized spacial score (nSPS) is 22.1. The lowest BCUT2D eigenvalue weighted by Crippen LogP contribution is -2.31. The van der Waals surface area contributed by atoms with Crippen LogP contribution in [0, 0.1) is 0 Å². The van der Waals surface area contributed by atoms with Crippen molar-refractivity contribution in [3.63, 3.8) is 0 Å². The van der Waals surface area contributed by atoms with Gasteiger partial charge in [-0.1, -0.05) is 12.1 Å². The van der Waals surface area contributed by atoms with Crippen LogP contribution in [-0.2, 0) is 15.7 Å². The molecule has 1 aliphatic heterocycles. The smallest absolute Gasteiger partial charge is 0.347 e. The van der Waals surface area contributed by atoms with Gasteiger partial charge in [-0.3, -0.25) is 4.98 Å². The van der Waals surface area contributed by atoms with Crippen molar-refractivity contribution >= 4 is 5.57 Å². The molecule has 1 aromatic heterocycles. The van der Waals surface area contributed by atoms with Gasteiger partial charge in [0, 0.05) is 19.0 Å². The molecule has 2 aliphatic rings. The fourth-order valence-corrected chi connectivity index (χ4v) is 2.58. The van der Waals surface area contributed by atoms with Crippen molar-refractivity contribution in [1.82, 2.24) is 4.98 Å². The number of pyridine rings is 1. The molecule has 3 rings (SSSR count). The molecule has 108 valence electrons. The zero-order chi connectivity index (χ0) is 14.2. The number of allylic oxidation sites excluding steroid dienone is 1. The Hall–Kier alpha value is -1.40. The van der Waals surface area contributed by atoms with Gasteiger partial charge in [0.15, 0.2) is 5.79 Å². The molecule has 1 saturated heterocycles. The van der Waals surface area contributed by atoms with Crippen molar-refractivity contribution in [2.75, 3.05) is 13.2 Å². The van der Waals surface area contributed by atoms with E-state index in [9.17, 15) is 13.2 Å². The summed E-state index contributed by atoms with van der Waals surface area (Å²) in [6.45, 7) is 1.20. The Balaban J connectivity index is 1.76. The summed E-state index contributed by atoms with van der Waals surface area (Å²) in [6, 6.07) is 2.49. The van der Waals surface area contributed by atoms with E-state index in [4.69, 9.17) is 9.47 Å². The molecule has 0 bridgehead atoms. The minimum Gasteiger partial charge on any atom is -0.347 e. The number of hydrogen-bond acceptors (Lipinski definition) is 3. The van der Waals surface area contributed by atoms with Crippen molar-refractivity contribution in [2.45, 2.75) is 31.2 Å². The first-order valence-electron chi connectivity index (χ1n) is 6.49. The van der Waals surface area contributed by atoms with Crippen LogP contribution in [0.5, 0.6) is 0 Å². The highest BCUT2D eigenvalue weighted by atomic mass is 19.4. The van der Waals surface area contributed by atoms with E-state index in [1.165, 1.54) is 12.3 Å². The predicted octanol–water partition coefficient (Wildman–Crippen LogP) is 3.41. The van der Waals surface area contributed by atoms with Crippen LogP contribution in [0.4, 0.5) is 13.2 Å². The molecule has 0 unspecified atom stereocenters. The van der Waals surface area contributed by atoms with Gasteiger partial charge in [0.25, 0.3) is 0 Å². The molecule has 1 fully saturated rings. The quantitative estimate of drug-likeness (QED) is 0.792. The van der Waals surface area contributed by atoms with Crippen molar-refractivity contribution in [2.24, 2.45) is 0 Å². The van der Waals surface area contributed by atoms with Gasteiger partial charge in [-0.25, -0.2) is 0 Å². The molecule has 1 spiro atoms. The lowest BCUT2D eigenvalue weighted by Gasteiger charge is -2.30. The van der Waals surface area contributed by atoms with Crippen LogP contribution in [0.25, 0.3) is 5.57 Å². The highest BCUT2D eigenvalue weighted by Crippen LogP contribution is 2.38. The third-order valence-corrected chi connectivity index (χ3v) is 3.67. The fourth-order valence-electron chi connectivity index (χ4n) is 2.58. The maximum atomic E-state index is 12.5. The molecular weight excluding hydrogens is 271 g/mol. The van der Waals surface area contributed by atoms with Gasteiger partial charge in [0.1, 0.15) is 5.69 Å². The number of nitrogens with zero attached hydrogens (tertiary/aromatic N) is 1. The molecule has 2 heterocycles. The fraction of sp³-hybridized carbons (Fsp3) is 0.500. The summed E-state index contributed by atoms with van der Waals surface area (Å²) in [6.07, 6.45) is 0.924. The van der Waals surface area contributed by atoms with Crippen LogP contribution in [0.15, 0.2) is 24.4 Å². The number of alkyl halides is 3. The summed E-state index contributed by atoms with van der Waals surface area (Å²) in [5.41, 5.74) is 0.860. The maximum absolute atomic E-state index is 12.5. The molecule has 0 radical (unpaired) electrons. The Bertz CT molecular complexity index is 516. The molecule has 1 aromatic rings. The summed E-state index contributed by atoms with van der Waals surface area (Å²) in [5, 5.41) is 0. The second kappa shape index (κ2) is 4.86. The number of ether oxygens (including phenoxy) is 2. The van der Waals surface area contributed by atoms with Gasteiger partial charge >= 0.3 is 6.18 Å². The van der Waals surface area contributed by atoms with E-state index in [-0.39, 0.29) is 0 Å². The van der Waals surface area contributed by atoms with Crippen LogP contribution in [-0.4, -0.2) is 24.0 Å². The van der Waals surface area contributed by atoms with Crippen molar-refractivity contribution < 1.29 is 22.6 Å². The minimum atomic E-state index is -4.39. The van der Waals surface area contributed by atoms with Crippen LogP contribution in [0.1, 0.15) is 30.5 Å². The average molecular weight is 285 g/mol. The molecule has 0 saturated carbocycles. The Morgan fingerprint density at radius 2 is 1.90 bits per heavy atom. The van der Waals surface area contributed by atoms with Gasteiger partial charge < -0.3 is 9.47 Å². The van der Waals surface area contributed by atoms with Gasteiger partial charge in [0.2, 0.25) is 0 Å². The molecule has 1 aliphatic carbocycles. The predicted molar refractivity (Wildman–Crippen MR) is 65.7 cm³/mol. The summed E-state index contributed by atoms with van der Waals surface area (Å²) in [4.78, 5) is 3.49. The first-order chi connectivity index (χ1) is 9.49. The van der Waals surface area contributed by atoms with E-state index in [1.54, 1.807) is 0 Å². The number of aromatic nitrogens is 1. The molecule has 3 nitrogen and oxygen atoms in total. The molecule has 0 N–H and O–H groups in total. The second-order valence-corrected chi connectivity index (χ2v) is 4.97. The van der Waals surface area contributed by atoms with Crippen molar-refractivity contribution in [3.05, 3.63) is 35.7 Å². The van der Waals surface area contributed by atoms with E-state index in [1.807, 2.05) is 6.08 Å². The van der Waals surface area contributed by atoms with Gasteiger partial charge in [0.05, 0.1) is 13.2 Å². The molecule has 20 heavy (non-hydrogen) atoms. The lowest BCUT2D eigenvalue weighted by molar-refractivity contribution is -0.159. The Labute approximate surface area is 114 Å². The Morgan fingerprint density at radius 1 is 1.15 bits per heavy atom. The molecule has 0 atom stereocenters. The van der Waals surface area contributed by atoms with E-state index >= 15 is 0 Å². The van der Waals surface area contributed by atoms with E-state index in [2.05, 4.69) is 4.98 Å². The maximum Gasteiger partial charge on any atom is 0.433 e. The Kier molecular flexibility index (Phi) is 3.30. The second-order valence-electron chi connectivity index (χ2n) is 4.97. The van der Waals surface area contributed by atoms with Crippen LogP contribution < -0.4 is 0 Å². The summed E-state index contributed by atoms with van der Waals surface area (Å²) in [7, 11) is 0. The number of halogens is 3. The minimum absolute atomic E-state index is 0.511. The number of rotatable bonds is 1. The van der Waals surface area contributed by atoms with Gasteiger partial charge in [-0.05, 0) is 23.6 Å². The third kappa shape index (κ3) is 2.58. The highest BCUT2D eigenvalue weighted by molar-refractivity contribution is 5.66. The van der Waals surface area contributed by atoms with Crippen LogP contribution >= 0.6 is 0 Å². The van der Waals surface area contributed by atoms with Gasteiger partial charge in [-0.2, -0.15) is 13.2 Å². The highest BCUT2D eigenvalue weighted by Gasteiger charge is 2.38. The first-order valence-corrected chi connectivity index (χ1v) is 6.49. The molecular formula is C14H14F3NO2.